The van der Waals surface area contributed by atoms with Crippen LogP contribution in [0.1, 0.15) is 12.0 Å². The molecule has 17 heavy (non-hydrogen) atoms. The van der Waals surface area contributed by atoms with Gasteiger partial charge in [0.25, 0.3) is 0 Å². The Balaban J connectivity index is 2.41. The van der Waals surface area contributed by atoms with Gasteiger partial charge in [-0.05, 0) is 24.1 Å². The second-order valence-corrected chi connectivity index (χ2v) is 3.95. The van der Waals surface area contributed by atoms with Crippen molar-refractivity contribution in [2.24, 2.45) is 5.73 Å². The minimum Gasteiger partial charge on any atom is -0.497 e. The maximum absolute atomic E-state index is 11.7. The van der Waals surface area contributed by atoms with Gasteiger partial charge in [-0.1, -0.05) is 12.1 Å². The first-order valence-electron chi connectivity index (χ1n) is 5.74. The molecule has 0 saturated carbocycles. The maximum Gasteiger partial charge on any atom is 0.222 e. The monoisotopic (exact) mass is 236 g/mol. The largest absolute Gasteiger partial charge is 0.497 e. The molecule has 1 amide bonds. The van der Waals surface area contributed by atoms with Crippen molar-refractivity contribution in [2.75, 3.05) is 27.2 Å². The number of ether oxygens (including phenoxy) is 1. The number of carbonyl (C=O) groups excluding carboxylic acids is 1. The highest BCUT2D eigenvalue weighted by Gasteiger charge is 2.07. The molecule has 0 saturated heterocycles. The van der Waals surface area contributed by atoms with Crippen LogP contribution in [0.4, 0.5) is 0 Å². The zero-order chi connectivity index (χ0) is 12.7. The molecule has 94 valence electrons. The molecular weight excluding hydrogens is 216 g/mol. The van der Waals surface area contributed by atoms with Crippen LogP contribution in [-0.4, -0.2) is 38.1 Å². The number of aryl methyl sites for hydroxylation is 1. The van der Waals surface area contributed by atoms with Crippen molar-refractivity contribution in [1.29, 1.82) is 0 Å². The van der Waals surface area contributed by atoms with E-state index in [4.69, 9.17) is 10.5 Å². The van der Waals surface area contributed by atoms with Crippen LogP contribution in [0.2, 0.25) is 0 Å². The van der Waals surface area contributed by atoms with Gasteiger partial charge in [-0.25, -0.2) is 0 Å². The Morgan fingerprint density at radius 3 is 2.53 bits per heavy atom. The van der Waals surface area contributed by atoms with Gasteiger partial charge in [0.15, 0.2) is 0 Å². The standard InChI is InChI=1S/C13H20N2O2/c1-15(10-9-14)13(16)8-5-11-3-6-12(17-2)7-4-11/h3-4,6-7H,5,8-10,14H2,1-2H3. The zero-order valence-electron chi connectivity index (χ0n) is 10.5. The Hall–Kier alpha value is -1.55. The number of carbonyl (C=O) groups is 1. The SMILES string of the molecule is COc1ccc(CCC(=O)N(C)CCN)cc1. The molecule has 0 aliphatic carbocycles. The lowest BCUT2D eigenvalue weighted by molar-refractivity contribution is -0.129. The Labute approximate surface area is 102 Å². The van der Waals surface area contributed by atoms with Crippen molar-refractivity contribution < 1.29 is 9.53 Å². The average Bonchev–Trinajstić information content (AvgIpc) is 2.36. The van der Waals surface area contributed by atoms with Crippen molar-refractivity contribution in [3.05, 3.63) is 29.8 Å². The summed E-state index contributed by atoms with van der Waals surface area (Å²) in [5, 5.41) is 0. The highest BCUT2D eigenvalue weighted by Crippen LogP contribution is 2.12. The molecule has 0 atom stereocenters. The Bertz CT molecular complexity index is 349. The number of nitrogens with zero attached hydrogens (tertiary/aromatic N) is 1. The van der Waals surface area contributed by atoms with Crippen molar-refractivity contribution >= 4 is 5.91 Å². The summed E-state index contributed by atoms with van der Waals surface area (Å²) in [5.41, 5.74) is 6.54. The van der Waals surface area contributed by atoms with Crippen LogP contribution < -0.4 is 10.5 Å². The molecular formula is C13H20N2O2. The lowest BCUT2D eigenvalue weighted by atomic mass is 10.1. The third kappa shape index (κ3) is 4.44. The number of likely N-dealkylation sites (N-methyl/N-ethyl adjacent to an activating group) is 1. The summed E-state index contributed by atoms with van der Waals surface area (Å²) in [5.74, 6) is 0.964. The van der Waals surface area contributed by atoms with E-state index in [9.17, 15) is 4.79 Å². The number of benzene rings is 1. The maximum atomic E-state index is 11.7. The van der Waals surface area contributed by atoms with E-state index in [1.54, 1.807) is 19.1 Å². The molecule has 0 bridgehead atoms. The van der Waals surface area contributed by atoms with E-state index < -0.39 is 0 Å². The Morgan fingerprint density at radius 2 is 2.00 bits per heavy atom. The summed E-state index contributed by atoms with van der Waals surface area (Å²) in [6.07, 6.45) is 1.26. The van der Waals surface area contributed by atoms with E-state index >= 15 is 0 Å². The highest BCUT2D eigenvalue weighted by molar-refractivity contribution is 5.76. The Kier molecular flexibility index (Phi) is 5.49. The van der Waals surface area contributed by atoms with Crippen LogP contribution >= 0.6 is 0 Å². The fourth-order valence-electron chi connectivity index (χ4n) is 1.55. The normalized spacial score (nSPS) is 10.1. The molecule has 1 rings (SSSR count). The lowest BCUT2D eigenvalue weighted by Crippen LogP contribution is -2.31. The van der Waals surface area contributed by atoms with Gasteiger partial charge in [0.05, 0.1) is 7.11 Å². The first kappa shape index (κ1) is 13.5. The second-order valence-electron chi connectivity index (χ2n) is 3.95. The molecule has 0 aromatic heterocycles. The minimum absolute atomic E-state index is 0.131. The van der Waals surface area contributed by atoms with Crippen LogP contribution in [0, 0.1) is 0 Å². The number of hydrogen-bond acceptors (Lipinski definition) is 3. The predicted molar refractivity (Wildman–Crippen MR) is 68.0 cm³/mol. The van der Waals surface area contributed by atoms with Gasteiger partial charge in [0.2, 0.25) is 5.91 Å². The molecule has 0 unspecified atom stereocenters. The zero-order valence-corrected chi connectivity index (χ0v) is 10.5. The van der Waals surface area contributed by atoms with E-state index in [-0.39, 0.29) is 5.91 Å². The number of rotatable bonds is 6. The highest BCUT2D eigenvalue weighted by atomic mass is 16.5. The number of amides is 1. The molecule has 1 aromatic carbocycles. The summed E-state index contributed by atoms with van der Waals surface area (Å²) in [6, 6.07) is 7.77. The lowest BCUT2D eigenvalue weighted by Gasteiger charge is -2.15. The molecule has 0 fully saturated rings. The minimum atomic E-state index is 0.131. The number of nitrogens with two attached hydrogens (primary N) is 1. The molecule has 0 heterocycles. The Morgan fingerprint density at radius 1 is 1.35 bits per heavy atom. The van der Waals surface area contributed by atoms with Crippen LogP contribution in [0.5, 0.6) is 5.75 Å². The molecule has 0 spiro atoms. The molecule has 2 N–H and O–H groups in total. The van der Waals surface area contributed by atoms with Crippen LogP contribution in [0.25, 0.3) is 0 Å². The fourth-order valence-corrected chi connectivity index (χ4v) is 1.55. The van der Waals surface area contributed by atoms with E-state index in [1.165, 1.54) is 0 Å². The fraction of sp³-hybridized carbons (Fsp3) is 0.462. The van der Waals surface area contributed by atoms with Crippen LogP contribution in [-0.2, 0) is 11.2 Å². The molecule has 0 aliphatic heterocycles. The summed E-state index contributed by atoms with van der Waals surface area (Å²) in [4.78, 5) is 13.3. The van der Waals surface area contributed by atoms with E-state index in [0.717, 1.165) is 17.7 Å². The van der Waals surface area contributed by atoms with Crippen LogP contribution in [0.3, 0.4) is 0 Å². The van der Waals surface area contributed by atoms with Crippen LogP contribution in [0.15, 0.2) is 24.3 Å². The molecule has 0 radical (unpaired) electrons. The third-order valence-electron chi connectivity index (χ3n) is 2.68. The van der Waals surface area contributed by atoms with Gasteiger partial charge in [-0.2, -0.15) is 0 Å². The molecule has 4 heteroatoms. The van der Waals surface area contributed by atoms with Gasteiger partial charge >= 0.3 is 0 Å². The predicted octanol–water partition coefficient (Wildman–Crippen LogP) is 1.04. The first-order valence-corrected chi connectivity index (χ1v) is 5.74. The van der Waals surface area contributed by atoms with Gasteiger partial charge in [0, 0.05) is 26.6 Å². The van der Waals surface area contributed by atoms with Gasteiger partial charge < -0.3 is 15.4 Å². The first-order chi connectivity index (χ1) is 8.17. The number of hydrogen-bond donors (Lipinski definition) is 1. The van der Waals surface area contributed by atoms with Crippen molar-refractivity contribution in [3.8, 4) is 5.75 Å². The van der Waals surface area contributed by atoms with E-state index in [1.807, 2.05) is 24.3 Å². The van der Waals surface area contributed by atoms with Crippen molar-refractivity contribution in [1.82, 2.24) is 4.90 Å². The summed E-state index contributed by atoms with van der Waals surface area (Å²) >= 11 is 0. The summed E-state index contributed by atoms with van der Waals surface area (Å²) in [7, 11) is 3.42. The topological polar surface area (TPSA) is 55.6 Å². The summed E-state index contributed by atoms with van der Waals surface area (Å²) in [6.45, 7) is 1.12. The smallest absolute Gasteiger partial charge is 0.222 e. The van der Waals surface area contributed by atoms with Crippen molar-refractivity contribution in [2.45, 2.75) is 12.8 Å². The third-order valence-corrected chi connectivity index (χ3v) is 2.68. The summed E-state index contributed by atoms with van der Waals surface area (Å²) < 4.78 is 5.08. The quantitative estimate of drug-likeness (QED) is 0.803. The molecule has 1 aromatic rings. The van der Waals surface area contributed by atoms with Crippen molar-refractivity contribution in [3.63, 3.8) is 0 Å². The molecule has 0 aliphatic rings. The van der Waals surface area contributed by atoms with Gasteiger partial charge in [0.1, 0.15) is 5.75 Å². The van der Waals surface area contributed by atoms with E-state index in [0.29, 0.717) is 19.5 Å². The van der Waals surface area contributed by atoms with E-state index in [2.05, 4.69) is 0 Å². The number of methoxy groups -OCH3 is 1. The second kappa shape index (κ2) is 6.91. The van der Waals surface area contributed by atoms with Gasteiger partial charge in [-0.15, -0.1) is 0 Å². The average molecular weight is 236 g/mol. The molecule has 4 nitrogen and oxygen atoms in total. The van der Waals surface area contributed by atoms with Gasteiger partial charge in [-0.3, -0.25) is 4.79 Å².